The lowest BCUT2D eigenvalue weighted by molar-refractivity contribution is -0.157. The molecule has 2 rings (SSSR count). The highest BCUT2D eigenvalue weighted by molar-refractivity contribution is 5.92. The van der Waals surface area contributed by atoms with Crippen LogP contribution in [0.1, 0.15) is 42.1 Å². The molecule has 7 nitrogen and oxygen atoms in total. The smallest absolute Gasteiger partial charge is 0.338 e. The number of benzene rings is 1. The SMILES string of the molecule is CCOC(=O)[C@@H]1CCCCN1C(=O)COC(=O)c1ccc(C#N)cc1. The zero-order valence-electron chi connectivity index (χ0n) is 14.1. The molecule has 1 aromatic rings. The fourth-order valence-electron chi connectivity index (χ4n) is 2.69. The Morgan fingerprint density at radius 1 is 1.20 bits per heavy atom. The summed E-state index contributed by atoms with van der Waals surface area (Å²) in [7, 11) is 0. The summed E-state index contributed by atoms with van der Waals surface area (Å²) < 4.78 is 10.1. The van der Waals surface area contributed by atoms with Gasteiger partial charge in [0.2, 0.25) is 0 Å². The lowest BCUT2D eigenvalue weighted by Gasteiger charge is -2.33. The molecule has 1 atom stereocenters. The van der Waals surface area contributed by atoms with E-state index in [-0.39, 0.29) is 12.2 Å². The van der Waals surface area contributed by atoms with Crippen LogP contribution in [0.2, 0.25) is 0 Å². The second kappa shape index (κ2) is 8.83. The maximum atomic E-state index is 12.4. The lowest BCUT2D eigenvalue weighted by Crippen LogP contribution is -2.50. The normalized spacial score (nSPS) is 16.6. The summed E-state index contributed by atoms with van der Waals surface area (Å²) in [4.78, 5) is 37.7. The molecular formula is C18H20N2O5. The predicted molar refractivity (Wildman–Crippen MR) is 87.4 cm³/mol. The Labute approximate surface area is 146 Å². The van der Waals surface area contributed by atoms with Gasteiger partial charge in [-0.25, -0.2) is 9.59 Å². The summed E-state index contributed by atoms with van der Waals surface area (Å²) in [6, 6.07) is 7.27. The zero-order valence-corrected chi connectivity index (χ0v) is 14.1. The van der Waals surface area contributed by atoms with E-state index in [1.807, 2.05) is 6.07 Å². The zero-order chi connectivity index (χ0) is 18.2. The van der Waals surface area contributed by atoms with Crippen LogP contribution in [0.5, 0.6) is 0 Å². The Morgan fingerprint density at radius 3 is 2.56 bits per heavy atom. The minimum Gasteiger partial charge on any atom is -0.464 e. The number of nitrogens with zero attached hydrogens (tertiary/aromatic N) is 2. The number of ether oxygens (including phenoxy) is 2. The Balaban J connectivity index is 1.94. The molecule has 1 heterocycles. The number of nitriles is 1. The molecule has 0 N–H and O–H groups in total. The molecule has 0 bridgehead atoms. The molecule has 0 saturated carbocycles. The molecule has 0 unspecified atom stereocenters. The third-order valence-corrected chi connectivity index (χ3v) is 3.96. The van der Waals surface area contributed by atoms with Crippen molar-refractivity contribution in [3.63, 3.8) is 0 Å². The van der Waals surface area contributed by atoms with E-state index in [1.165, 1.54) is 29.2 Å². The number of carbonyl (C=O) groups excluding carboxylic acids is 3. The van der Waals surface area contributed by atoms with Gasteiger partial charge in [-0.1, -0.05) is 0 Å². The van der Waals surface area contributed by atoms with Crippen LogP contribution in [-0.2, 0) is 19.1 Å². The summed E-state index contributed by atoms with van der Waals surface area (Å²) in [5, 5.41) is 8.74. The Kier molecular flexibility index (Phi) is 6.52. The molecular weight excluding hydrogens is 324 g/mol. The van der Waals surface area contributed by atoms with Crippen molar-refractivity contribution in [1.29, 1.82) is 5.26 Å². The van der Waals surface area contributed by atoms with Gasteiger partial charge in [-0.05, 0) is 50.5 Å². The van der Waals surface area contributed by atoms with E-state index in [9.17, 15) is 14.4 Å². The van der Waals surface area contributed by atoms with Crippen LogP contribution < -0.4 is 0 Å². The predicted octanol–water partition coefficient (Wildman–Crippen LogP) is 1.66. The van der Waals surface area contributed by atoms with Crippen LogP contribution in [0.15, 0.2) is 24.3 Å². The number of likely N-dealkylation sites (tertiary alicyclic amines) is 1. The second-order valence-corrected chi connectivity index (χ2v) is 5.62. The highest BCUT2D eigenvalue weighted by Gasteiger charge is 2.33. The van der Waals surface area contributed by atoms with Crippen molar-refractivity contribution in [2.45, 2.75) is 32.2 Å². The van der Waals surface area contributed by atoms with E-state index in [4.69, 9.17) is 14.7 Å². The molecule has 132 valence electrons. The molecule has 0 radical (unpaired) electrons. The van der Waals surface area contributed by atoms with Crippen LogP contribution in [-0.4, -0.2) is 48.5 Å². The van der Waals surface area contributed by atoms with Gasteiger partial charge in [0.1, 0.15) is 6.04 Å². The largest absolute Gasteiger partial charge is 0.464 e. The highest BCUT2D eigenvalue weighted by atomic mass is 16.5. The van der Waals surface area contributed by atoms with Gasteiger partial charge < -0.3 is 14.4 Å². The summed E-state index contributed by atoms with van der Waals surface area (Å²) >= 11 is 0. The van der Waals surface area contributed by atoms with E-state index >= 15 is 0 Å². The van der Waals surface area contributed by atoms with Gasteiger partial charge in [-0.2, -0.15) is 5.26 Å². The average molecular weight is 344 g/mol. The Morgan fingerprint density at radius 2 is 1.92 bits per heavy atom. The highest BCUT2D eigenvalue weighted by Crippen LogP contribution is 2.18. The molecule has 25 heavy (non-hydrogen) atoms. The van der Waals surface area contributed by atoms with Gasteiger partial charge >= 0.3 is 11.9 Å². The lowest BCUT2D eigenvalue weighted by atomic mass is 10.0. The monoisotopic (exact) mass is 344 g/mol. The van der Waals surface area contributed by atoms with Crippen LogP contribution in [0, 0.1) is 11.3 Å². The summed E-state index contributed by atoms with van der Waals surface area (Å²) in [5.74, 6) is -1.49. The van der Waals surface area contributed by atoms with Gasteiger partial charge in [0.05, 0.1) is 23.8 Å². The molecule has 1 amide bonds. The first-order valence-electron chi connectivity index (χ1n) is 8.20. The topological polar surface area (TPSA) is 96.7 Å². The van der Waals surface area contributed by atoms with Gasteiger partial charge in [0, 0.05) is 6.54 Å². The third-order valence-electron chi connectivity index (χ3n) is 3.96. The number of hydrogen-bond donors (Lipinski definition) is 0. The molecule has 0 spiro atoms. The number of rotatable bonds is 5. The number of hydrogen-bond acceptors (Lipinski definition) is 6. The van der Waals surface area contributed by atoms with Crippen molar-refractivity contribution in [1.82, 2.24) is 4.90 Å². The van der Waals surface area contributed by atoms with Crippen LogP contribution in [0.4, 0.5) is 0 Å². The summed E-state index contributed by atoms with van der Waals surface area (Å²) in [6.45, 7) is 1.97. The minimum atomic E-state index is -0.650. The van der Waals surface area contributed by atoms with Crippen molar-refractivity contribution in [3.8, 4) is 6.07 Å². The van der Waals surface area contributed by atoms with Gasteiger partial charge in [0.25, 0.3) is 5.91 Å². The Bertz CT molecular complexity index is 678. The molecule has 0 aliphatic carbocycles. The average Bonchev–Trinajstić information content (AvgIpc) is 2.66. The van der Waals surface area contributed by atoms with Crippen molar-refractivity contribution in [2.24, 2.45) is 0 Å². The van der Waals surface area contributed by atoms with Crippen molar-refractivity contribution in [2.75, 3.05) is 19.8 Å². The minimum absolute atomic E-state index is 0.255. The van der Waals surface area contributed by atoms with E-state index in [2.05, 4.69) is 0 Å². The molecule has 7 heteroatoms. The van der Waals surface area contributed by atoms with Gasteiger partial charge in [-0.3, -0.25) is 4.79 Å². The molecule has 1 fully saturated rings. The van der Waals surface area contributed by atoms with Crippen LogP contribution in [0.3, 0.4) is 0 Å². The quantitative estimate of drug-likeness (QED) is 0.754. The van der Waals surface area contributed by atoms with Gasteiger partial charge in [0.15, 0.2) is 6.61 Å². The third kappa shape index (κ3) is 4.80. The maximum Gasteiger partial charge on any atom is 0.338 e. The summed E-state index contributed by atoms with van der Waals surface area (Å²) in [5.41, 5.74) is 0.686. The van der Waals surface area contributed by atoms with E-state index in [1.54, 1.807) is 6.92 Å². The van der Waals surface area contributed by atoms with Crippen molar-refractivity contribution >= 4 is 17.8 Å². The van der Waals surface area contributed by atoms with Crippen LogP contribution >= 0.6 is 0 Å². The first-order chi connectivity index (χ1) is 12.1. The maximum absolute atomic E-state index is 12.4. The van der Waals surface area contributed by atoms with Crippen molar-refractivity contribution < 1.29 is 23.9 Å². The molecule has 1 aromatic carbocycles. The molecule has 1 saturated heterocycles. The number of piperidine rings is 1. The van der Waals surface area contributed by atoms with E-state index in [0.29, 0.717) is 18.5 Å². The Hall–Kier alpha value is -2.88. The summed E-state index contributed by atoms with van der Waals surface area (Å²) in [6.07, 6.45) is 2.19. The van der Waals surface area contributed by atoms with Crippen molar-refractivity contribution in [3.05, 3.63) is 35.4 Å². The van der Waals surface area contributed by atoms with E-state index in [0.717, 1.165) is 12.8 Å². The van der Waals surface area contributed by atoms with Crippen LogP contribution in [0.25, 0.3) is 0 Å². The second-order valence-electron chi connectivity index (χ2n) is 5.62. The first kappa shape index (κ1) is 18.5. The first-order valence-corrected chi connectivity index (χ1v) is 8.20. The standard InChI is InChI=1S/C18H20N2O5/c1-2-24-18(23)15-5-3-4-10-20(15)16(21)12-25-17(22)14-8-6-13(11-19)7-9-14/h6-9,15H,2-5,10,12H2,1H3/t15-/m0/s1. The number of carbonyl (C=O) groups is 3. The number of amides is 1. The molecule has 1 aliphatic rings. The number of esters is 2. The van der Waals surface area contributed by atoms with E-state index < -0.39 is 30.5 Å². The van der Waals surface area contributed by atoms with Gasteiger partial charge in [-0.15, -0.1) is 0 Å². The molecule has 1 aliphatic heterocycles. The fraction of sp³-hybridized carbons (Fsp3) is 0.444. The molecule has 0 aromatic heterocycles. The fourth-order valence-corrected chi connectivity index (χ4v) is 2.69.